The Bertz CT molecular complexity index is 508. The van der Waals surface area contributed by atoms with Gasteiger partial charge in [0.15, 0.2) is 6.29 Å². The van der Waals surface area contributed by atoms with Crippen molar-refractivity contribution < 1.29 is 4.79 Å². The van der Waals surface area contributed by atoms with Gasteiger partial charge in [-0.1, -0.05) is 19.9 Å². The maximum atomic E-state index is 10.8. The molecule has 15 heavy (non-hydrogen) atoms. The molecule has 0 saturated carbocycles. The first kappa shape index (κ1) is 10.4. The molecule has 0 spiro atoms. The highest BCUT2D eigenvalue weighted by Gasteiger charge is 2.09. The van der Waals surface area contributed by atoms with Crippen LogP contribution in [0, 0.1) is 6.92 Å². The van der Waals surface area contributed by atoms with Gasteiger partial charge in [0, 0.05) is 4.70 Å². The second-order valence-electron chi connectivity index (χ2n) is 4.12. The number of hydrogen-bond acceptors (Lipinski definition) is 2. The Morgan fingerprint density at radius 1 is 1.33 bits per heavy atom. The molecule has 0 bridgehead atoms. The molecule has 0 atom stereocenters. The van der Waals surface area contributed by atoms with Crippen LogP contribution in [0.4, 0.5) is 0 Å². The van der Waals surface area contributed by atoms with Crippen LogP contribution in [-0.2, 0) is 0 Å². The second-order valence-corrected chi connectivity index (χ2v) is 5.20. The molecule has 0 saturated heterocycles. The van der Waals surface area contributed by atoms with Gasteiger partial charge >= 0.3 is 0 Å². The fourth-order valence-electron chi connectivity index (χ4n) is 1.73. The predicted octanol–water partition coefficient (Wildman–Crippen LogP) is 4.15. The molecule has 78 valence electrons. The Morgan fingerprint density at radius 3 is 2.67 bits per heavy atom. The Balaban J connectivity index is 2.70. The van der Waals surface area contributed by atoms with Gasteiger partial charge in [0.1, 0.15) is 0 Å². The molecule has 0 aliphatic heterocycles. The highest BCUT2D eigenvalue weighted by Crippen LogP contribution is 2.31. The van der Waals surface area contributed by atoms with Crippen LogP contribution >= 0.6 is 11.3 Å². The standard InChI is InChI=1S/C13H14OS/c1-8(2)10-4-5-12-11(6-10)9(3)13(7-14)15-12/h4-8H,1-3H3. The number of aldehydes is 1. The van der Waals surface area contributed by atoms with Crippen molar-refractivity contribution in [1.29, 1.82) is 0 Å². The highest BCUT2D eigenvalue weighted by atomic mass is 32.1. The lowest BCUT2D eigenvalue weighted by atomic mass is 10.0. The van der Waals surface area contributed by atoms with E-state index in [9.17, 15) is 4.79 Å². The summed E-state index contributed by atoms with van der Waals surface area (Å²) in [6.45, 7) is 6.39. The first-order valence-electron chi connectivity index (χ1n) is 5.11. The maximum Gasteiger partial charge on any atom is 0.160 e. The summed E-state index contributed by atoms with van der Waals surface area (Å²) in [6.07, 6.45) is 0.953. The zero-order chi connectivity index (χ0) is 11.0. The lowest BCUT2D eigenvalue weighted by Gasteiger charge is -2.04. The Morgan fingerprint density at radius 2 is 2.07 bits per heavy atom. The third-order valence-corrected chi connectivity index (χ3v) is 3.97. The number of carbonyl (C=O) groups is 1. The Labute approximate surface area is 93.7 Å². The van der Waals surface area contributed by atoms with E-state index < -0.39 is 0 Å². The van der Waals surface area contributed by atoms with Crippen molar-refractivity contribution in [2.24, 2.45) is 0 Å². The van der Waals surface area contributed by atoms with E-state index in [1.54, 1.807) is 11.3 Å². The number of thiophene rings is 1. The largest absolute Gasteiger partial charge is 0.297 e. The average molecular weight is 218 g/mol. The molecule has 2 rings (SSSR count). The van der Waals surface area contributed by atoms with E-state index in [4.69, 9.17) is 0 Å². The lowest BCUT2D eigenvalue weighted by Crippen LogP contribution is -1.86. The van der Waals surface area contributed by atoms with Crippen LogP contribution < -0.4 is 0 Å². The minimum Gasteiger partial charge on any atom is -0.297 e. The highest BCUT2D eigenvalue weighted by molar-refractivity contribution is 7.20. The van der Waals surface area contributed by atoms with Gasteiger partial charge in [0.25, 0.3) is 0 Å². The summed E-state index contributed by atoms with van der Waals surface area (Å²) in [5.41, 5.74) is 2.45. The van der Waals surface area contributed by atoms with Crippen LogP contribution in [-0.4, -0.2) is 6.29 Å². The molecule has 0 aliphatic rings. The van der Waals surface area contributed by atoms with Gasteiger partial charge in [-0.15, -0.1) is 11.3 Å². The van der Waals surface area contributed by atoms with Gasteiger partial charge in [-0.2, -0.15) is 0 Å². The minimum absolute atomic E-state index is 0.536. The molecule has 2 aromatic rings. The normalized spacial score (nSPS) is 11.2. The second kappa shape index (κ2) is 3.78. The summed E-state index contributed by atoms with van der Waals surface area (Å²) in [4.78, 5) is 11.7. The third kappa shape index (κ3) is 1.70. The van der Waals surface area contributed by atoms with Gasteiger partial charge in [0.2, 0.25) is 0 Å². The van der Waals surface area contributed by atoms with Crippen molar-refractivity contribution >= 4 is 27.7 Å². The van der Waals surface area contributed by atoms with E-state index in [-0.39, 0.29) is 0 Å². The minimum atomic E-state index is 0.536. The first-order valence-corrected chi connectivity index (χ1v) is 5.93. The van der Waals surface area contributed by atoms with E-state index in [0.29, 0.717) is 5.92 Å². The summed E-state index contributed by atoms with van der Waals surface area (Å²) in [6, 6.07) is 6.48. The van der Waals surface area contributed by atoms with Crippen molar-refractivity contribution in [2.45, 2.75) is 26.7 Å². The van der Waals surface area contributed by atoms with Crippen LogP contribution in [0.3, 0.4) is 0 Å². The SMILES string of the molecule is Cc1c(C=O)sc2ccc(C(C)C)cc12. The number of aryl methyl sites for hydroxylation is 1. The van der Waals surface area contributed by atoms with Crippen LogP contribution in [0.15, 0.2) is 18.2 Å². The zero-order valence-electron chi connectivity index (χ0n) is 9.20. The summed E-state index contributed by atoms with van der Waals surface area (Å²) in [7, 11) is 0. The molecule has 2 heteroatoms. The van der Waals surface area contributed by atoms with E-state index in [0.717, 1.165) is 16.7 Å². The summed E-state index contributed by atoms with van der Waals surface area (Å²) in [5.74, 6) is 0.536. The molecule has 1 aromatic heterocycles. The number of rotatable bonds is 2. The van der Waals surface area contributed by atoms with E-state index >= 15 is 0 Å². The number of carbonyl (C=O) groups excluding carboxylic acids is 1. The molecule has 0 N–H and O–H groups in total. The lowest BCUT2D eigenvalue weighted by molar-refractivity contribution is 0.112. The zero-order valence-corrected chi connectivity index (χ0v) is 10.0. The molecule has 1 aromatic carbocycles. The molecular weight excluding hydrogens is 204 g/mol. The summed E-state index contributed by atoms with van der Waals surface area (Å²) >= 11 is 1.58. The smallest absolute Gasteiger partial charge is 0.160 e. The molecule has 0 radical (unpaired) electrons. The van der Waals surface area contributed by atoms with E-state index in [1.165, 1.54) is 15.6 Å². The van der Waals surface area contributed by atoms with Gasteiger partial charge in [-0.25, -0.2) is 0 Å². The maximum absolute atomic E-state index is 10.8. The van der Waals surface area contributed by atoms with Crippen molar-refractivity contribution in [1.82, 2.24) is 0 Å². The summed E-state index contributed by atoms with van der Waals surface area (Å²) in [5, 5.41) is 1.23. The summed E-state index contributed by atoms with van der Waals surface area (Å²) < 4.78 is 1.21. The van der Waals surface area contributed by atoms with Crippen LogP contribution in [0.5, 0.6) is 0 Å². The Hall–Kier alpha value is -1.15. The fraction of sp³-hybridized carbons (Fsp3) is 0.308. The number of benzene rings is 1. The van der Waals surface area contributed by atoms with Crippen molar-refractivity contribution in [2.75, 3.05) is 0 Å². The average Bonchev–Trinajstić information content (AvgIpc) is 2.55. The molecule has 0 amide bonds. The van der Waals surface area contributed by atoms with E-state index in [1.807, 2.05) is 6.92 Å². The van der Waals surface area contributed by atoms with Gasteiger partial charge in [-0.3, -0.25) is 4.79 Å². The Kier molecular flexibility index (Phi) is 2.61. The van der Waals surface area contributed by atoms with Crippen molar-refractivity contribution in [3.8, 4) is 0 Å². The molecule has 0 fully saturated rings. The van der Waals surface area contributed by atoms with Gasteiger partial charge in [-0.05, 0) is 41.5 Å². The van der Waals surface area contributed by atoms with E-state index in [2.05, 4.69) is 32.0 Å². The van der Waals surface area contributed by atoms with Crippen LogP contribution in [0.2, 0.25) is 0 Å². The molecule has 1 nitrogen and oxygen atoms in total. The fourth-order valence-corrected chi connectivity index (χ4v) is 2.74. The first-order chi connectivity index (χ1) is 7.13. The van der Waals surface area contributed by atoms with Crippen molar-refractivity contribution in [3.05, 3.63) is 34.2 Å². The van der Waals surface area contributed by atoms with Crippen LogP contribution in [0.1, 0.15) is 40.6 Å². The predicted molar refractivity (Wildman–Crippen MR) is 66.0 cm³/mol. The molecule has 0 aliphatic carbocycles. The third-order valence-electron chi connectivity index (χ3n) is 2.77. The number of hydrogen-bond donors (Lipinski definition) is 0. The molecular formula is C13H14OS. The quantitative estimate of drug-likeness (QED) is 0.692. The topological polar surface area (TPSA) is 17.1 Å². The molecule has 1 heterocycles. The number of fused-ring (bicyclic) bond motifs is 1. The van der Waals surface area contributed by atoms with Crippen LogP contribution in [0.25, 0.3) is 10.1 Å². The molecule has 0 unspecified atom stereocenters. The van der Waals surface area contributed by atoms with Gasteiger partial charge in [0.05, 0.1) is 4.88 Å². The van der Waals surface area contributed by atoms with Gasteiger partial charge < -0.3 is 0 Å². The van der Waals surface area contributed by atoms with Crippen molar-refractivity contribution in [3.63, 3.8) is 0 Å². The monoisotopic (exact) mass is 218 g/mol.